The Morgan fingerprint density at radius 3 is 2.70 bits per heavy atom. The van der Waals surface area contributed by atoms with Crippen molar-refractivity contribution in [2.45, 2.75) is 33.2 Å². The monoisotopic (exact) mass is 364 g/mol. The molecule has 6 heteroatoms. The van der Waals surface area contributed by atoms with Crippen molar-refractivity contribution in [2.75, 3.05) is 20.1 Å². The van der Waals surface area contributed by atoms with Gasteiger partial charge in [0.25, 0.3) is 0 Å². The normalized spacial score (nSPS) is 11.7. The molecule has 0 unspecified atom stereocenters. The maximum Gasteiger partial charge on any atom is 0.190 e. The Hall–Kier alpha value is -2.89. The van der Waals surface area contributed by atoms with Crippen LogP contribution in [-0.4, -0.2) is 40.9 Å². The van der Waals surface area contributed by atoms with Gasteiger partial charge < -0.3 is 10.6 Å². The number of rotatable bonds is 7. The molecule has 0 atom stereocenters. The van der Waals surface area contributed by atoms with Gasteiger partial charge >= 0.3 is 0 Å². The van der Waals surface area contributed by atoms with Gasteiger partial charge in [-0.1, -0.05) is 24.3 Å². The van der Waals surface area contributed by atoms with E-state index in [4.69, 9.17) is 0 Å². The van der Waals surface area contributed by atoms with E-state index >= 15 is 0 Å². The van der Waals surface area contributed by atoms with E-state index in [-0.39, 0.29) is 0 Å². The zero-order valence-electron chi connectivity index (χ0n) is 16.4. The van der Waals surface area contributed by atoms with Crippen molar-refractivity contribution in [3.8, 4) is 0 Å². The first kappa shape index (κ1) is 18.9. The number of fused-ring (bicyclic) bond motifs is 1. The highest BCUT2D eigenvalue weighted by Gasteiger charge is 2.04. The van der Waals surface area contributed by atoms with Gasteiger partial charge in [0.2, 0.25) is 0 Å². The standard InChI is InChI=1S/C21H28N6/c1-16-15-17(2)27(26-16)14-6-12-24-21(22-3)25-13-10-19-8-4-7-18-9-5-11-23-20(18)19/h4-5,7-9,11,15H,6,10,12-14H2,1-3H3,(H2,22,24,25). The third-order valence-electron chi connectivity index (χ3n) is 4.57. The fourth-order valence-electron chi connectivity index (χ4n) is 3.24. The number of aliphatic imine (C=N–C) groups is 1. The molecule has 6 nitrogen and oxygen atoms in total. The van der Waals surface area contributed by atoms with Crippen molar-refractivity contribution in [1.82, 2.24) is 25.4 Å². The number of pyridine rings is 1. The molecule has 0 aliphatic carbocycles. The van der Waals surface area contributed by atoms with Gasteiger partial charge in [0.15, 0.2) is 5.96 Å². The molecular weight excluding hydrogens is 336 g/mol. The van der Waals surface area contributed by atoms with Crippen LogP contribution in [-0.2, 0) is 13.0 Å². The third-order valence-corrected chi connectivity index (χ3v) is 4.57. The highest BCUT2D eigenvalue weighted by atomic mass is 15.3. The van der Waals surface area contributed by atoms with Crippen LogP contribution >= 0.6 is 0 Å². The molecule has 3 aromatic rings. The van der Waals surface area contributed by atoms with Gasteiger partial charge in [-0.3, -0.25) is 14.7 Å². The van der Waals surface area contributed by atoms with E-state index in [0.717, 1.165) is 49.6 Å². The molecule has 0 bridgehead atoms. The molecule has 0 fully saturated rings. The Morgan fingerprint density at radius 2 is 1.93 bits per heavy atom. The summed E-state index contributed by atoms with van der Waals surface area (Å²) in [6.45, 7) is 6.70. The molecule has 2 N–H and O–H groups in total. The zero-order valence-corrected chi connectivity index (χ0v) is 16.4. The lowest BCUT2D eigenvalue weighted by atomic mass is 10.1. The first-order valence-electron chi connectivity index (χ1n) is 9.45. The predicted molar refractivity (Wildman–Crippen MR) is 111 cm³/mol. The van der Waals surface area contributed by atoms with E-state index in [0.29, 0.717) is 0 Å². The molecule has 2 aromatic heterocycles. The molecule has 142 valence electrons. The second-order valence-corrected chi connectivity index (χ2v) is 6.67. The van der Waals surface area contributed by atoms with Crippen molar-refractivity contribution >= 4 is 16.9 Å². The molecule has 0 saturated heterocycles. The molecule has 0 saturated carbocycles. The Balaban J connectivity index is 1.43. The van der Waals surface area contributed by atoms with E-state index in [2.05, 4.69) is 67.6 Å². The van der Waals surface area contributed by atoms with Crippen LogP contribution in [0.5, 0.6) is 0 Å². The summed E-state index contributed by atoms with van der Waals surface area (Å²) in [5.41, 5.74) is 4.61. The van der Waals surface area contributed by atoms with E-state index in [1.54, 1.807) is 7.05 Å². The Labute approximate surface area is 160 Å². The highest BCUT2D eigenvalue weighted by molar-refractivity contribution is 5.82. The number of aryl methyl sites for hydroxylation is 3. The van der Waals surface area contributed by atoms with E-state index in [1.807, 2.05) is 19.2 Å². The van der Waals surface area contributed by atoms with Crippen LogP contribution in [0.2, 0.25) is 0 Å². The minimum atomic E-state index is 0.812. The summed E-state index contributed by atoms with van der Waals surface area (Å²) >= 11 is 0. The molecule has 0 aliphatic heterocycles. The number of nitrogens with one attached hydrogen (secondary N) is 2. The smallest absolute Gasteiger partial charge is 0.190 e. The van der Waals surface area contributed by atoms with Crippen molar-refractivity contribution in [3.63, 3.8) is 0 Å². The number of para-hydroxylation sites is 1. The largest absolute Gasteiger partial charge is 0.356 e. The summed E-state index contributed by atoms with van der Waals surface area (Å²) < 4.78 is 2.06. The average Bonchev–Trinajstić information content (AvgIpc) is 3.01. The van der Waals surface area contributed by atoms with Gasteiger partial charge in [0, 0.05) is 44.0 Å². The van der Waals surface area contributed by atoms with Crippen molar-refractivity contribution < 1.29 is 0 Å². The van der Waals surface area contributed by atoms with Crippen molar-refractivity contribution in [3.05, 3.63) is 59.5 Å². The number of aromatic nitrogens is 3. The Morgan fingerprint density at radius 1 is 1.11 bits per heavy atom. The van der Waals surface area contributed by atoms with Gasteiger partial charge in [-0.05, 0) is 44.4 Å². The maximum atomic E-state index is 4.52. The lowest BCUT2D eigenvalue weighted by Gasteiger charge is -2.13. The van der Waals surface area contributed by atoms with Crippen molar-refractivity contribution in [2.24, 2.45) is 4.99 Å². The van der Waals surface area contributed by atoms with Gasteiger partial charge in [-0.15, -0.1) is 0 Å². The quantitative estimate of drug-likeness (QED) is 0.384. The summed E-state index contributed by atoms with van der Waals surface area (Å²) in [6.07, 6.45) is 3.75. The number of guanidine groups is 1. The third kappa shape index (κ3) is 5.06. The molecular formula is C21H28N6. The second-order valence-electron chi connectivity index (χ2n) is 6.67. The summed E-state index contributed by atoms with van der Waals surface area (Å²) in [5, 5.41) is 12.4. The molecule has 0 amide bonds. The van der Waals surface area contributed by atoms with E-state index in [1.165, 1.54) is 16.6 Å². The second kappa shape index (κ2) is 9.16. The van der Waals surface area contributed by atoms with Gasteiger partial charge in [-0.25, -0.2) is 0 Å². The summed E-state index contributed by atoms with van der Waals surface area (Å²) in [4.78, 5) is 8.82. The van der Waals surface area contributed by atoms with Crippen molar-refractivity contribution in [1.29, 1.82) is 0 Å². The summed E-state index contributed by atoms with van der Waals surface area (Å²) in [5.74, 6) is 0.830. The Kier molecular flexibility index (Phi) is 6.41. The number of nitrogens with zero attached hydrogens (tertiary/aromatic N) is 4. The summed E-state index contributed by atoms with van der Waals surface area (Å²) in [7, 11) is 1.80. The number of benzene rings is 1. The number of hydrogen-bond acceptors (Lipinski definition) is 3. The van der Waals surface area contributed by atoms with Crippen LogP contribution in [0.15, 0.2) is 47.6 Å². The zero-order chi connectivity index (χ0) is 19.1. The molecule has 1 aromatic carbocycles. The molecule has 0 aliphatic rings. The predicted octanol–water partition coefficient (Wildman–Crippen LogP) is 2.85. The van der Waals surface area contributed by atoms with Crippen LogP contribution in [0.4, 0.5) is 0 Å². The lowest BCUT2D eigenvalue weighted by Crippen LogP contribution is -2.39. The molecule has 0 spiro atoms. The first-order valence-corrected chi connectivity index (χ1v) is 9.45. The number of hydrogen-bond donors (Lipinski definition) is 2. The van der Waals surface area contributed by atoms with E-state index in [9.17, 15) is 0 Å². The fourth-order valence-corrected chi connectivity index (χ4v) is 3.24. The fraction of sp³-hybridized carbons (Fsp3) is 0.381. The van der Waals surface area contributed by atoms with E-state index < -0.39 is 0 Å². The van der Waals surface area contributed by atoms with Gasteiger partial charge in [0.1, 0.15) is 0 Å². The average molecular weight is 364 g/mol. The SMILES string of the molecule is CN=C(NCCCn1nc(C)cc1C)NCCc1cccc2cccnc12. The van der Waals surface area contributed by atoms with Gasteiger partial charge in [0.05, 0.1) is 11.2 Å². The van der Waals surface area contributed by atoms with Crippen LogP contribution in [0.3, 0.4) is 0 Å². The molecule has 27 heavy (non-hydrogen) atoms. The molecule has 0 radical (unpaired) electrons. The lowest BCUT2D eigenvalue weighted by molar-refractivity contribution is 0.555. The summed E-state index contributed by atoms with van der Waals surface area (Å²) in [6, 6.07) is 12.5. The molecule has 2 heterocycles. The minimum absolute atomic E-state index is 0.812. The van der Waals surface area contributed by atoms with Crippen LogP contribution in [0.1, 0.15) is 23.4 Å². The van der Waals surface area contributed by atoms with Crippen LogP contribution < -0.4 is 10.6 Å². The van der Waals surface area contributed by atoms with Crippen LogP contribution in [0, 0.1) is 13.8 Å². The highest BCUT2D eigenvalue weighted by Crippen LogP contribution is 2.15. The topological polar surface area (TPSA) is 67.1 Å². The molecule has 3 rings (SSSR count). The maximum absolute atomic E-state index is 4.52. The van der Waals surface area contributed by atoms with Gasteiger partial charge in [-0.2, -0.15) is 5.10 Å². The van der Waals surface area contributed by atoms with Crippen LogP contribution in [0.25, 0.3) is 10.9 Å². The Bertz CT molecular complexity index is 907. The first-order chi connectivity index (χ1) is 13.2. The minimum Gasteiger partial charge on any atom is -0.356 e.